The van der Waals surface area contributed by atoms with E-state index in [4.69, 9.17) is 5.21 Å². The van der Waals surface area contributed by atoms with Crippen LogP contribution in [0.3, 0.4) is 0 Å². The lowest BCUT2D eigenvalue weighted by Crippen LogP contribution is -1.85. The maximum atomic E-state index is 12.6. The van der Waals surface area contributed by atoms with E-state index in [-0.39, 0.29) is 23.8 Å². The fourth-order valence-corrected chi connectivity index (χ4v) is 0.642. The van der Waals surface area contributed by atoms with Gasteiger partial charge in [0.25, 0.3) is 0 Å². The van der Waals surface area contributed by atoms with Crippen LogP contribution in [0.2, 0.25) is 0 Å². The maximum Gasteiger partial charge on any atom is 0.132 e. The van der Waals surface area contributed by atoms with Crippen LogP contribution >= 0.6 is 12.4 Å². The first kappa shape index (κ1) is 9.91. The number of nitrogens with zero attached hydrogens (tertiary/aromatic N) is 1. The van der Waals surface area contributed by atoms with E-state index in [1.165, 1.54) is 12.1 Å². The van der Waals surface area contributed by atoms with Crippen LogP contribution in [0, 0.1) is 5.82 Å². The summed E-state index contributed by atoms with van der Waals surface area (Å²) in [5.41, 5.74) is 0.282. The molecule has 1 aromatic rings. The number of hydrogen-bond donors (Lipinski definition) is 1. The largest absolute Gasteiger partial charge is 0.411 e. The fourth-order valence-electron chi connectivity index (χ4n) is 0.642. The van der Waals surface area contributed by atoms with E-state index in [1.807, 2.05) is 0 Å². The third-order valence-corrected chi connectivity index (χ3v) is 1.10. The molecule has 0 heterocycles. The Kier molecular flexibility index (Phi) is 4.22. The zero-order valence-electron chi connectivity index (χ0n) is 5.57. The van der Waals surface area contributed by atoms with E-state index in [0.29, 0.717) is 0 Å². The van der Waals surface area contributed by atoms with E-state index >= 15 is 0 Å². The van der Waals surface area contributed by atoms with Crippen LogP contribution in [-0.4, -0.2) is 11.4 Å². The summed E-state index contributed by atoms with van der Waals surface area (Å²) in [6.07, 6.45) is 1.05. The highest BCUT2D eigenvalue weighted by molar-refractivity contribution is 5.85. The molecule has 0 fully saturated rings. The van der Waals surface area contributed by atoms with Gasteiger partial charge in [0.05, 0.1) is 6.21 Å². The Bertz CT molecular complexity index is 252. The lowest BCUT2D eigenvalue weighted by Gasteiger charge is -1.90. The Morgan fingerprint density at radius 3 is 2.55 bits per heavy atom. The van der Waals surface area contributed by atoms with Crippen LogP contribution in [0.1, 0.15) is 5.56 Å². The van der Waals surface area contributed by atoms with E-state index in [9.17, 15) is 4.39 Å². The molecule has 0 saturated carbocycles. The van der Waals surface area contributed by atoms with Crippen molar-refractivity contribution in [2.45, 2.75) is 0 Å². The summed E-state index contributed by atoms with van der Waals surface area (Å²) in [5.74, 6) is -0.389. The molecule has 0 unspecified atom stereocenters. The molecule has 2 nitrogen and oxygen atoms in total. The summed E-state index contributed by atoms with van der Waals surface area (Å²) in [4.78, 5) is 0. The monoisotopic (exact) mass is 175 g/mol. The standard InChI is InChI=1S/C7H6FNO.ClH/c8-7-4-2-1-3-6(7)5-9-10;/h1-5,10H;1H. The Labute approximate surface area is 69.8 Å². The summed E-state index contributed by atoms with van der Waals surface area (Å²) < 4.78 is 12.6. The van der Waals surface area contributed by atoms with Crippen molar-refractivity contribution in [2.24, 2.45) is 5.16 Å². The van der Waals surface area contributed by atoms with Crippen molar-refractivity contribution in [1.82, 2.24) is 0 Å². The van der Waals surface area contributed by atoms with Crippen LogP contribution in [0.5, 0.6) is 0 Å². The van der Waals surface area contributed by atoms with Crippen LogP contribution in [0.4, 0.5) is 4.39 Å². The molecule has 4 heteroatoms. The molecule has 1 rings (SSSR count). The molecule has 1 aromatic carbocycles. The van der Waals surface area contributed by atoms with Crippen molar-refractivity contribution in [3.63, 3.8) is 0 Å². The topological polar surface area (TPSA) is 32.6 Å². The number of oxime groups is 1. The molecule has 0 atom stereocenters. The highest BCUT2D eigenvalue weighted by Crippen LogP contribution is 2.02. The molecular weight excluding hydrogens is 169 g/mol. The number of hydrogen-bond acceptors (Lipinski definition) is 2. The Hall–Kier alpha value is -1.09. The van der Waals surface area contributed by atoms with Crippen LogP contribution in [0.25, 0.3) is 0 Å². The first-order chi connectivity index (χ1) is 4.84. The van der Waals surface area contributed by atoms with Crippen molar-refractivity contribution in [1.29, 1.82) is 0 Å². The zero-order chi connectivity index (χ0) is 7.40. The minimum Gasteiger partial charge on any atom is -0.411 e. The van der Waals surface area contributed by atoms with E-state index in [2.05, 4.69) is 5.16 Å². The van der Waals surface area contributed by atoms with Gasteiger partial charge in [0, 0.05) is 5.56 Å². The van der Waals surface area contributed by atoms with Gasteiger partial charge in [-0.1, -0.05) is 23.4 Å². The van der Waals surface area contributed by atoms with E-state index < -0.39 is 0 Å². The van der Waals surface area contributed by atoms with Crippen LogP contribution < -0.4 is 0 Å². The van der Waals surface area contributed by atoms with Crippen molar-refractivity contribution in [3.05, 3.63) is 35.6 Å². The predicted molar refractivity (Wildman–Crippen MR) is 43.0 cm³/mol. The Morgan fingerprint density at radius 1 is 1.36 bits per heavy atom. The van der Waals surface area contributed by atoms with Gasteiger partial charge >= 0.3 is 0 Å². The quantitative estimate of drug-likeness (QED) is 0.396. The van der Waals surface area contributed by atoms with Gasteiger partial charge in [-0.3, -0.25) is 0 Å². The number of benzene rings is 1. The average Bonchev–Trinajstić information content (AvgIpc) is 1.94. The summed E-state index contributed by atoms with van der Waals surface area (Å²) in [6.45, 7) is 0. The highest BCUT2D eigenvalue weighted by Gasteiger charge is 1.94. The number of halogens is 2. The summed E-state index contributed by atoms with van der Waals surface area (Å²) in [6, 6.07) is 6.07. The zero-order valence-corrected chi connectivity index (χ0v) is 6.38. The fraction of sp³-hybridized carbons (Fsp3) is 0. The molecule has 0 aromatic heterocycles. The second-order valence-corrected chi connectivity index (χ2v) is 1.77. The molecule has 60 valence electrons. The molecule has 0 spiro atoms. The van der Waals surface area contributed by atoms with Crippen molar-refractivity contribution >= 4 is 18.6 Å². The molecular formula is C7H7ClFNO. The molecule has 0 bridgehead atoms. The molecule has 0 aliphatic carbocycles. The molecule has 0 amide bonds. The summed E-state index contributed by atoms with van der Waals surface area (Å²) in [5, 5.41) is 10.7. The molecule has 0 aliphatic heterocycles. The molecule has 0 aliphatic rings. The van der Waals surface area contributed by atoms with Gasteiger partial charge in [0.1, 0.15) is 5.82 Å². The minimum atomic E-state index is -0.389. The SMILES string of the molecule is Cl.ON=Cc1ccccc1F. The summed E-state index contributed by atoms with van der Waals surface area (Å²) in [7, 11) is 0. The van der Waals surface area contributed by atoms with Gasteiger partial charge in [0.15, 0.2) is 0 Å². The Balaban J connectivity index is 0.000001000. The van der Waals surface area contributed by atoms with E-state index in [1.54, 1.807) is 12.1 Å². The highest BCUT2D eigenvalue weighted by atomic mass is 35.5. The summed E-state index contributed by atoms with van der Waals surface area (Å²) >= 11 is 0. The lowest BCUT2D eigenvalue weighted by atomic mass is 10.2. The van der Waals surface area contributed by atoms with Crippen LogP contribution in [-0.2, 0) is 0 Å². The van der Waals surface area contributed by atoms with Gasteiger partial charge in [-0.25, -0.2) is 4.39 Å². The molecule has 0 radical (unpaired) electrons. The smallest absolute Gasteiger partial charge is 0.132 e. The van der Waals surface area contributed by atoms with Gasteiger partial charge in [-0.05, 0) is 6.07 Å². The van der Waals surface area contributed by atoms with Crippen molar-refractivity contribution in [3.8, 4) is 0 Å². The third kappa shape index (κ3) is 2.55. The van der Waals surface area contributed by atoms with Crippen molar-refractivity contribution < 1.29 is 9.60 Å². The van der Waals surface area contributed by atoms with Gasteiger partial charge in [0.2, 0.25) is 0 Å². The third-order valence-electron chi connectivity index (χ3n) is 1.10. The lowest BCUT2D eigenvalue weighted by molar-refractivity contribution is 0.321. The second kappa shape index (κ2) is 4.68. The van der Waals surface area contributed by atoms with E-state index in [0.717, 1.165) is 6.21 Å². The second-order valence-electron chi connectivity index (χ2n) is 1.77. The first-order valence-electron chi connectivity index (χ1n) is 2.76. The first-order valence-corrected chi connectivity index (χ1v) is 2.76. The normalized spacial score (nSPS) is 9.55. The number of rotatable bonds is 1. The molecule has 0 saturated heterocycles. The minimum absolute atomic E-state index is 0. The van der Waals surface area contributed by atoms with Gasteiger partial charge < -0.3 is 5.21 Å². The van der Waals surface area contributed by atoms with Gasteiger partial charge in [-0.15, -0.1) is 12.4 Å². The molecule has 1 N–H and O–H groups in total. The Morgan fingerprint density at radius 2 is 2.00 bits per heavy atom. The van der Waals surface area contributed by atoms with Gasteiger partial charge in [-0.2, -0.15) is 0 Å². The van der Waals surface area contributed by atoms with Crippen molar-refractivity contribution in [2.75, 3.05) is 0 Å². The van der Waals surface area contributed by atoms with Crippen LogP contribution in [0.15, 0.2) is 29.4 Å². The maximum absolute atomic E-state index is 12.6. The predicted octanol–water partition coefficient (Wildman–Crippen LogP) is 2.06. The average molecular weight is 176 g/mol. The molecule has 11 heavy (non-hydrogen) atoms.